The standard InChI is InChI=1S/C21H34N10O18P4/c22-17-15-18(25-7-24-17)30(8-26-15)13(3-34)46-11(1-32)5-45-53(43,44)49-52(41,42)10-51(39,40)48-50(37,38)6-12(2-33)47-14(4-35)31-9-27-16-19(31)28-21(23)29-20(16)36/h7-9,11-14,32-35H,1-6,10H2,(H,37,38)(H,39,40)(H,41,42)(H,43,44)(H2,22,24,25)(H3,23,28,29,36)/t11-,12-,13+,14+/m0/s1. The first-order valence-corrected chi connectivity index (χ1v) is 21.3. The van der Waals surface area contributed by atoms with Gasteiger partial charge in [-0.15, -0.1) is 0 Å². The van der Waals surface area contributed by atoms with Crippen LogP contribution in [0.1, 0.15) is 12.5 Å². The molecule has 0 amide bonds. The molecule has 0 bridgehead atoms. The van der Waals surface area contributed by atoms with E-state index in [0.29, 0.717) is 0 Å². The quantitative estimate of drug-likeness (QED) is 0.0387. The third-order valence-electron chi connectivity index (χ3n) is 6.58. The minimum Gasteiger partial charge on any atom is -0.394 e. The first-order chi connectivity index (χ1) is 24.7. The van der Waals surface area contributed by atoms with Crippen LogP contribution in [0.2, 0.25) is 0 Å². The lowest BCUT2D eigenvalue weighted by molar-refractivity contribution is -0.109. The molecule has 4 rings (SSSR count). The number of rotatable bonds is 21. The number of hydrogen-bond acceptors (Lipinski definition) is 21. The van der Waals surface area contributed by atoms with E-state index < -0.39 is 106 Å². The second-order valence-electron chi connectivity index (χ2n) is 10.7. The number of aromatic amines is 1. The first kappa shape index (κ1) is 42.6. The van der Waals surface area contributed by atoms with Crippen molar-refractivity contribution in [3.63, 3.8) is 0 Å². The highest BCUT2D eigenvalue weighted by molar-refractivity contribution is 7.77. The van der Waals surface area contributed by atoms with Crippen molar-refractivity contribution in [3.05, 3.63) is 29.3 Å². The molecule has 0 spiro atoms. The number of nitrogens with zero attached hydrogens (tertiary/aromatic N) is 7. The molecular weight excluding hydrogens is 804 g/mol. The Labute approximate surface area is 295 Å². The SMILES string of the molecule is Nc1nc2c(ncn2[C@@H](CO)O[C@@H](CO)CP(=O)(O)OP(=O)(O)CP(=O)(O)OP(=O)(O)OC[C@H](CO)O[C@H](CO)n2cnc3c(N)ncnc32)c(=O)[nH]1. The molecule has 4 aromatic rings. The Bertz CT molecular complexity index is 2150. The van der Waals surface area contributed by atoms with E-state index in [9.17, 15) is 63.1 Å². The normalized spacial score (nSPS) is 19.2. The van der Waals surface area contributed by atoms with Gasteiger partial charge in [-0.25, -0.2) is 33.1 Å². The number of nitrogens with two attached hydrogens (primary N) is 2. The highest BCUT2D eigenvalue weighted by atomic mass is 31.3. The molecule has 4 aromatic heterocycles. The predicted octanol–water partition coefficient (Wildman–Crippen LogP) is -2.48. The number of H-pyrrole nitrogens is 1. The molecular formula is C21H34N10O18P4. The summed E-state index contributed by atoms with van der Waals surface area (Å²) in [6.07, 6.45) is -4.12. The van der Waals surface area contributed by atoms with E-state index in [-0.39, 0.29) is 34.1 Å². The summed E-state index contributed by atoms with van der Waals surface area (Å²) in [4.78, 5) is 74.2. The summed E-state index contributed by atoms with van der Waals surface area (Å²) in [6, 6.07) is 0. The van der Waals surface area contributed by atoms with Gasteiger partial charge >= 0.3 is 30.6 Å². The smallest absolute Gasteiger partial charge is 0.394 e. The van der Waals surface area contributed by atoms with Crippen molar-refractivity contribution in [1.82, 2.24) is 39.0 Å². The van der Waals surface area contributed by atoms with Crippen LogP contribution in [0, 0.1) is 0 Å². The first-order valence-electron chi connectivity index (χ1n) is 14.5. The molecule has 4 heterocycles. The predicted molar refractivity (Wildman–Crippen MR) is 176 cm³/mol. The van der Waals surface area contributed by atoms with Crippen molar-refractivity contribution in [2.45, 2.75) is 24.7 Å². The molecule has 0 saturated carbocycles. The number of aliphatic hydroxyl groups is 4. The molecule has 0 aromatic carbocycles. The van der Waals surface area contributed by atoms with Gasteiger partial charge in [0.2, 0.25) is 5.95 Å². The topological polar surface area (TPSA) is 435 Å². The summed E-state index contributed by atoms with van der Waals surface area (Å²) in [6.45, 7) is -4.65. The molecule has 13 N–H and O–H groups in total. The molecule has 0 aliphatic carbocycles. The molecule has 8 atom stereocenters. The molecule has 0 radical (unpaired) electrons. The summed E-state index contributed by atoms with van der Waals surface area (Å²) in [5, 5.41) is 39.1. The molecule has 32 heteroatoms. The second-order valence-corrected chi connectivity index (χ2v) is 18.5. The number of nitrogen functional groups attached to an aromatic ring is 2. The molecule has 0 fully saturated rings. The monoisotopic (exact) mass is 838 g/mol. The molecule has 0 aliphatic rings. The summed E-state index contributed by atoms with van der Waals surface area (Å²) < 4.78 is 76.6. The van der Waals surface area contributed by atoms with Crippen molar-refractivity contribution in [2.24, 2.45) is 0 Å². The Morgan fingerprint density at radius 1 is 0.736 bits per heavy atom. The number of fused-ring (bicyclic) bond motifs is 2. The number of phosphoric ester groups is 1. The van der Waals surface area contributed by atoms with Gasteiger partial charge in [-0.05, 0) is 0 Å². The minimum atomic E-state index is -5.69. The lowest BCUT2D eigenvalue weighted by atomic mass is 10.4. The third-order valence-corrected chi connectivity index (χ3v) is 14.7. The van der Waals surface area contributed by atoms with Gasteiger partial charge in [0, 0.05) is 0 Å². The largest absolute Gasteiger partial charge is 0.479 e. The fraction of sp³-hybridized carbons (Fsp3) is 0.524. The fourth-order valence-electron chi connectivity index (χ4n) is 4.48. The van der Waals surface area contributed by atoms with Crippen LogP contribution in [-0.4, -0.2) is 136 Å². The number of aliphatic hydroxyl groups excluding tert-OH is 4. The van der Waals surface area contributed by atoms with Crippen LogP contribution in [-0.2, 0) is 40.9 Å². The summed E-state index contributed by atoms with van der Waals surface area (Å²) in [5.41, 5.74) is 10.3. The van der Waals surface area contributed by atoms with Gasteiger partial charge in [0.25, 0.3) is 5.56 Å². The van der Waals surface area contributed by atoms with Gasteiger partial charge in [-0.3, -0.25) is 37.1 Å². The Kier molecular flexibility index (Phi) is 13.8. The number of aromatic nitrogens is 8. The van der Waals surface area contributed by atoms with E-state index in [0.717, 1.165) is 17.2 Å². The van der Waals surface area contributed by atoms with E-state index in [2.05, 4.69) is 43.0 Å². The maximum Gasteiger partial charge on any atom is 0.479 e. The minimum absolute atomic E-state index is 0.000842. The van der Waals surface area contributed by atoms with Crippen molar-refractivity contribution >= 4 is 64.7 Å². The van der Waals surface area contributed by atoms with Crippen molar-refractivity contribution in [1.29, 1.82) is 0 Å². The Morgan fingerprint density at radius 3 is 1.91 bits per heavy atom. The van der Waals surface area contributed by atoms with Gasteiger partial charge in [-0.1, -0.05) is 0 Å². The summed E-state index contributed by atoms with van der Waals surface area (Å²) in [5.74, 6) is -2.37. The highest BCUT2D eigenvalue weighted by Crippen LogP contribution is 2.70. The van der Waals surface area contributed by atoms with Crippen molar-refractivity contribution < 1.29 is 80.9 Å². The van der Waals surface area contributed by atoms with Crippen LogP contribution in [0.4, 0.5) is 11.8 Å². The lowest BCUT2D eigenvalue weighted by Crippen LogP contribution is -2.29. The number of anilines is 2. The molecule has 0 aliphatic heterocycles. The van der Waals surface area contributed by atoms with E-state index in [1.165, 1.54) is 10.9 Å². The molecule has 53 heavy (non-hydrogen) atoms. The number of hydrogen-bond donors (Lipinski definition) is 11. The van der Waals surface area contributed by atoms with Crippen LogP contribution in [0.5, 0.6) is 0 Å². The highest BCUT2D eigenvalue weighted by Gasteiger charge is 2.44. The lowest BCUT2D eigenvalue weighted by Gasteiger charge is -2.26. The molecule has 4 unspecified atom stereocenters. The van der Waals surface area contributed by atoms with Gasteiger partial charge in [0.05, 0.1) is 58.0 Å². The van der Waals surface area contributed by atoms with Crippen LogP contribution >= 0.6 is 30.6 Å². The van der Waals surface area contributed by atoms with E-state index in [1.54, 1.807) is 0 Å². The molecule has 0 saturated heterocycles. The zero-order valence-electron chi connectivity index (χ0n) is 26.7. The Morgan fingerprint density at radius 2 is 1.30 bits per heavy atom. The van der Waals surface area contributed by atoms with Crippen LogP contribution < -0.4 is 17.0 Å². The zero-order valence-corrected chi connectivity index (χ0v) is 30.3. The zero-order chi connectivity index (χ0) is 39.4. The third kappa shape index (κ3) is 11.2. The van der Waals surface area contributed by atoms with Crippen LogP contribution in [0.25, 0.3) is 22.3 Å². The van der Waals surface area contributed by atoms with E-state index in [4.69, 9.17) is 20.9 Å². The second kappa shape index (κ2) is 17.1. The maximum atomic E-state index is 12.8. The number of imidazole rings is 2. The number of ether oxygens (including phenoxy) is 2. The summed E-state index contributed by atoms with van der Waals surface area (Å²) >= 11 is 0. The number of nitrogens with one attached hydrogen (secondary N) is 1. The molecule has 296 valence electrons. The van der Waals surface area contributed by atoms with Gasteiger partial charge in [0.15, 0.2) is 41.0 Å². The fourth-order valence-corrected chi connectivity index (χ4v) is 12.0. The maximum absolute atomic E-state index is 12.8. The van der Waals surface area contributed by atoms with Gasteiger partial charge in [-0.2, -0.15) is 4.98 Å². The Balaban J connectivity index is 1.35. The van der Waals surface area contributed by atoms with E-state index >= 15 is 0 Å². The van der Waals surface area contributed by atoms with Crippen LogP contribution in [0.15, 0.2) is 23.8 Å². The van der Waals surface area contributed by atoms with Gasteiger partial charge < -0.3 is 60.9 Å². The van der Waals surface area contributed by atoms with E-state index in [1.807, 2.05) is 0 Å². The average molecular weight is 838 g/mol. The van der Waals surface area contributed by atoms with Crippen molar-refractivity contribution in [2.75, 3.05) is 56.6 Å². The van der Waals surface area contributed by atoms with Crippen LogP contribution in [0.3, 0.4) is 0 Å². The average Bonchev–Trinajstić information content (AvgIpc) is 3.67. The number of phosphoric acid groups is 1. The Hall–Kier alpha value is -3.10. The van der Waals surface area contributed by atoms with Crippen molar-refractivity contribution in [3.8, 4) is 0 Å². The molecule has 28 nitrogen and oxygen atoms in total. The van der Waals surface area contributed by atoms with Gasteiger partial charge in [0.1, 0.15) is 17.9 Å². The summed E-state index contributed by atoms with van der Waals surface area (Å²) in [7, 11) is -22.3.